The van der Waals surface area contributed by atoms with Crippen molar-refractivity contribution in [3.05, 3.63) is 76.7 Å². The van der Waals surface area contributed by atoms with Gasteiger partial charge in [0.15, 0.2) is 0 Å². The molecule has 3 aromatic rings. The van der Waals surface area contributed by atoms with Crippen molar-refractivity contribution in [1.29, 1.82) is 0 Å². The van der Waals surface area contributed by atoms with Gasteiger partial charge in [-0.25, -0.2) is 9.67 Å². The average Bonchev–Trinajstić information content (AvgIpc) is 3.01. The van der Waals surface area contributed by atoms with E-state index in [1.807, 2.05) is 24.4 Å². The molecule has 1 saturated heterocycles. The van der Waals surface area contributed by atoms with Gasteiger partial charge in [0, 0.05) is 44.6 Å². The molecule has 0 bridgehead atoms. The molecule has 7 nitrogen and oxygen atoms in total. The zero-order valence-corrected chi connectivity index (χ0v) is 16.2. The predicted molar refractivity (Wildman–Crippen MR) is 110 cm³/mol. The Balaban J connectivity index is 1.49. The van der Waals surface area contributed by atoms with E-state index in [1.54, 1.807) is 18.5 Å². The van der Waals surface area contributed by atoms with Gasteiger partial charge < -0.3 is 14.4 Å². The lowest BCUT2D eigenvalue weighted by Gasteiger charge is -2.22. The minimum absolute atomic E-state index is 0.0932. The molecule has 0 radical (unpaired) electrons. The van der Waals surface area contributed by atoms with Crippen LogP contribution in [-0.2, 0) is 13.1 Å². The second-order valence-corrected chi connectivity index (χ2v) is 7.31. The zero-order valence-electron chi connectivity index (χ0n) is 16.2. The van der Waals surface area contributed by atoms with E-state index in [0.717, 1.165) is 50.7 Å². The van der Waals surface area contributed by atoms with E-state index in [9.17, 15) is 4.79 Å². The van der Waals surface area contributed by atoms with Crippen LogP contribution in [0.3, 0.4) is 0 Å². The molecule has 1 aliphatic heterocycles. The number of hydrogen-bond acceptors (Lipinski definition) is 5. The number of nitrogens with zero attached hydrogens (tertiary/aromatic N) is 6. The molecule has 0 unspecified atom stereocenters. The fourth-order valence-corrected chi connectivity index (χ4v) is 3.57. The molecule has 7 heteroatoms. The van der Waals surface area contributed by atoms with Gasteiger partial charge >= 0.3 is 0 Å². The first kappa shape index (κ1) is 18.4. The Kier molecular flexibility index (Phi) is 5.53. The molecule has 3 heterocycles. The highest BCUT2D eigenvalue weighted by molar-refractivity contribution is 5.43. The lowest BCUT2D eigenvalue weighted by molar-refractivity contribution is 0.360. The summed E-state index contributed by atoms with van der Waals surface area (Å²) in [4.78, 5) is 21.7. The molecular weight excluding hydrogens is 352 g/mol. The molecule has 1 aliphatic rings. The second kappa shape index (κ2) is 8.39. The molecule has 146 valence electrons. The zero-order chi connectivity index (χ0) is 19.3. The van der Waals surface area contributed by atoms with Crippen LogP contribution >= 0.6 is 0 Å². The Morgan fingerprint density at radius 2 is 1.89 bits per heavy atom. The van der Waals surface area contributed by atoms with Gasteiger partial charge in [-0.2, -0.15) is 5.10 Å². The Hall–Kier alpha value is -2.93. The summed E-state index contributed by atoms with van der Waals surface area (Å²) in [6.07, 6.45) is 6.61. The Bertz CT molecular complexity index is 964. The van der Waals surface area contributed by atoms with Gasteiger partial charge in [-0.05, 0) is 25.6 Å². The number of hydrogen-bond donors (Lipinski definition) is 0. The van der Waals surface area contributed by atoms with Crippen molar-refractivity contribution in [3.8, 4) is 0 Å². The maximum atomic E-state index is 12.7. The van der Waals surface area contributed by atoms with E-state index < -0.39 is 0 Å². The van der Waals surface area contributed by atoms with E-state index >= 15 is 0 Å². The normalized spacial score (nSPS) is 15.5. The van der Waals surface area contributed by atoms with Gasteiger partial charge in [-0.1, -0.05) is 30.3 Å². The fraction of sp³-hybridized carbons (Fsp3) is 0.381. The SMILES string of the molecule is CN1CCCN(c2cnn(Cc3nccn3Cc3ccccc3)c(=O)c2)CC1. The van der Waals surface area contributed by atoms with Crippen molar-refractivity contribution < 1.29 is 0 Å². The first-order valence-corrected chi connectivity index (χ1v) is 9.73. The van der Waals surface area contributed by atoms with Crippen molar-refractivity contribution in [2.24, 2.45) is 0 Å². The van der Waals surface area contributed by atoms with Gasteiger partial charge in [-0.3, -0.25) is 4.79 Å². The Labute approximate surface area is 164 Å². The summed E-state index contributed by atoms with van der Waals surface area (Å²) in [5, 5.41) is 4.42. The molecule has 2 aromatic heterocycles. The Morgan fingerprint density at radius 3 is 2.71 bits per heavy atom. The molecule has 0 aliphatic carbocycles. The van der Waals surface area contributed by atoms with Crippen LogP contribution in [0.25, 0.3) is 0 Å². The quantitative estimate of drug-likeness (QED) is 0.676. The van der Waals surface area contributed by atoms with E-state index in [2.05, 4.69) is 43.6 Å². The van der Waals surface area contributed by atoms with Crippen LogP contribution in [0.1, 0.15) is 17.8 Å². The third-order valence-electron chi connectivity index (χ3n) is 5.23. The molecule has 4 rings (SSSR count). The number of likely N-dealkylation sites (N-methyl/N-ethyl adjacent to an activating group) is 1. The van der Waals surface area contributed by atoms with Crippen LogP contribution in [0.4, 0.5) is 5.69 Å². The van der Waals surface area contributed by atoms with Crippen LogP contribution < -0.4 is 10.5 Å². The molecule has 0 atom stereocenters. The molecule has 1 fully saturated rings. The number of anilines is 1. The van der Waals surface area contributed by atoms with Gasteiger partial charge in [0.25, 0.3) is 5.56 Å². The fourth-order valence-electron chi connectivity index (χ4n) is 3.57. The molecule has 28 heavy (non-hydrogen) atoms. The predicted octanol–water partition coefficient (Wildman–Crippen LogP) is 1.68. The summed E-state index contributed by atoms with van der Waals surface area (Å²) in [5.74, 6) is 0.822. The molecule has 0 saturated carbocycles. The third-order valence-corrected chi connectivity index (χ3v) is 5.23. The first-order valence-electron chi connectivity index (χ1n) is 9.73. The summed E-state index contributed by atoms with van der Waals surface area (Å²) in [6, 6.07) is 11.9. The average molecular weight is 378 g/mol. The standard InChI is InChI=1S/C21H26N6O/c1-24-9-5-10-25(13-12-24)19-14-21(28)27(23-15-19)17-20-22-8-11-26(20)16-18-6-3-2-4-7-18/h2-4,6-8,11,14-15H,5,9-10,12-13,16-17H2,1H3. The molecule has 0 spiro atoms. The highest BCUT2D eigenvalue weighted by atomic mass is 16.1. The summed E-state index contributed by atoms with van der Waals surface area (Å²) in [7, 11) is 2.14. The van der Waals surface area contributed by atoms with Gasteiger partial charge in [0.05, 0.1) is 11.9 Å². The smallest absolute Gasteiger partial charge is 0.269 e. The first-order chi connectivity index (χ1) is 13.7. The largest absolute Gasteiger partial charge is 0.369 e. The number of imidazole rings is 1. The van der Waals surface area contributed by atoms with E-state index in [0.29, 0.717) is 6.54 Å². The van der Waals surface area contributed by atoms with Crippen molar-refractivity contribution in [2.45, 2.75) is 19.5 Å². The second-order valence-electron chi connectivity index (χ2n) is 7.31. The maximum Gasteiger partial charge on any atom is 0.269 e. The van der Waals surface area contributed by atoms with Crippen molar-refractivity contribution in [3.63, 3.8) is 0 Å². The molecule has 1 aromatic carbocycles. The van der Waals surface area contributed by atoms with Crippen molar-refractivity contribution in [2.75, 3.05) is 38.1 Å². The van der Waals surface area contributed by atoms with E-state index in [4.69, 9.17) is 0 Å². The summed E-state index contributed by atoms with van der Waals surface area (Å²) in [5.41, 5.74) is 2.01. The van der Waals surface area contributed by atoms with Gasteiger partial charge in [-0.15, -0.1) is 0 Å². The summed E-state index contributed by atoms with van der Waals surface area (Å²) >= 11 is 0. The van der Waals surface area contributed by atoms with Crippen molar-refractivity contribution in [1.82, 2.24) is 24.2 Å². The van der Waals surface area contributed by atoms with Crippen LogP contribution in [0.15, 0.2) is 59.8 Å². The van der Waals surface area contributed by atoms with Crippen LogP contribution in [0, 0.1) is 0 Å². The number of benzene rings is 1. The van der Waals surface area contributed by atoms with Crippen LogP contribution in [-0.4, -0.2) is 57.5 Å². The highest BCUT2D eigenvalue weighted by Gasteiger charge is 2.14. The lowest BCUT2D eigenvalue weighted by Crippen LogP contribution is -2.31. The molecule has 0 N–H and O–H groups in total. The topological polar surface area (TPSA) is 59.2 Å². The Morgan fingerprint density at radius 1 is 1.04 bits per heavy atom. The minimum atomic E-state index is -0.0932. The number of rotatable bonds is 5. The van der Waals surface area contributed by atoms with Crippen LogP contribution in [0.5, 0.6) is 0 Å². The van der Waals surface area contributed by atoms with E-state index in [1.165, 1.54) is 10.2 Å². The molecule has 0 amide bonds. The monoisotopic (exact) mass is 378 g/mol. The minimum Gasteiger partial charge on any atom is -0.369 e. The molecular formula is C21H26N6O. The van der Waals surface area contributed by atoms with Gasteiger partial charge in [0.2, 0.25) is 0 Å². The van der Waals surface area contributed by atoms with Gasteiger partial charge in [0.1, 0.15) is 12.4 Å². The number of aromatic nitrogens is 4. The summed E-state index contributed by atoms with van der Waals surface area (Å²) < 4.78 is 3.54. The highest BCUT2D eigenvalue weighted by Crippen LogP contribution is 2.13. The third kappa shape index (κ3) is 4.31. The maximum absolute atomic E-state index is 12.7. The summed E-state index contributed by atoms with van der Waals surface area (Å²) in [6.45, 7) is 5.05. The lowest BCUT2D eigenvalue weighted by atomic mass is 10.2. The van der Waals surface area contributed by atoms with Crippen molar-refractivity contribution >= 4 is 5.69 Å². The van der Waals surface area contributed by atoms with Crippen LogP contribution in [0.2, 0.25) is 0 Å². The van der Waals surface area contributed by atoms with E-state index in [-0.39, 0.29) is 5.56 Å².